The van der Waals surface area contributed by atoms with Crippen molar-refractivity contribution in [2.75, 3.05) is 31.1 Å². The van der Waals surface area contributed by atoms with E-state index in [9.17, 15) is 18.3 Å². The molecular formula is C21H23F3N8OS2Se. The molecule has 192 valence electrons. The number of pyridine rings is 1. The second-order valence-electron chi connectivity index (χ2n) is 8.89. The van der Waals surface area contributed by atoms with Crippen LogP contribution in [0.3, 0.4) is 0 Å². The maximum absolute atomic E-state index is 15.3. The standard InChI is InChI=1S/C21H23F3N8OS2Se/c1-12(2)35(33)31-7-5-30(6-8-31)14-9-13(34-29-21(11-25)3-4-21)10-32-15(14)17(24)26-18(32)20-28-27-19(36-20)16(22)23/h9-10,12,16,29H,3-8H2,1-2H3. The summed E-state index contributed by atoms with van der Waals surface area (Å²) in [5.41, 5.74) is 0.239. The molecular weight excluding hydrogens is 580 g/mol. The molecule has 36 heavy (non-hydrogen) atoms. The van der Waals surface area contributed by atoms with Gasteiger partial charge >= 0.3 is 219 Å². The number of anilines is 1. The molecule has 3 aromatic rings. The van der Waals surface area contributed by atoms with E-state index in [1.165, 1.54) is 11.9 Å². The summed E-state index contributed by atoms with van der Waals surface area (Å²) in [6.07, 6.45) is 0.455. The maximum atomic E-state index is 15.3. The molecule has 5 rings (SSSR count). The minimum atomic E-state index is -2.72. The molecule has 0 aromatic carbocycles. The summed E-state index contributed by atoms with van der Waals surface area (Å²) in [5.74, 6) is -0.580. The number of rotatable bonds is 8. The van der Waals surface area contributed by atoms with Crippen LogP contribution in [0, 0.1) is 17.3 Å². The van der Waals surface area contributed by atoms with Gasteiger partial charge in [0.05, 0.1) is 0 Å². The summed E-state index contributed by atoms with van der Waals surface area (Å²) in [6.45, 7) is 5.98. The molecule has 1 aliphatic heterocycles. The summed E-state index contributed by atoms with van der Waals surface area (Å²) in [5, 5.41) is 16.9. The average Bonchev–Trinajstić information content (AvgIpc) is 3.34. The summed E-state index contributed by atoms with van der Waals surface area (Å²) >= 11 is 0.404. The molecule has 15 heteroatoms. The number of hydrogen-bond donors (Lipinski definition) is 1. The van der Waals surface area contributed by atoms with E-state index in [0.717, 1.165) is 12.8 Å². The van der Waals surface area contributed by atoms with Crippen LogP contribution in [-0.4, -0.2) is 79.6 Å². The van der Waals surface area contributed by atoms with E-state index in [1.807, 2.05) is 29.1 Å². The van der Waals surface area contributed by atoms with Crippen molar-refractivity contribution in [3.8, 4) is 16.5 Å². The Hall–Kier alpha value is -1.95. The van der Waals surface area contributed by atoms with Crippen molar-refractivity contribution in [2.24, 2.45) is 0 Å². The number of alkyl halides is 2. The van der Waals surface area contributed by atoms with Crippen molar-refractivity contribution < 1.29 is 17.4 Å². The molecule has 4 heterocycles. The minimum absolute atomic E-state index is 0.00757. The van der Waals surface area contributed by atoms with Gasteiger partial charge in [-0.15, -0.1) is 0 Å². The molecule has 1 saturated heterocycles. The first-order valence-electron chi connectivity index (χ1n) is 11.3. The third-order valence-corrected chi connectivity index (χ3v) is 10.6. The molecule has 1 saturated carbocycles. The first-order valence-corrected chi connectivity index (χ1v) is 15.0. The van der Waals surface area contributed by atoms with Gasteiger partial charge in [0.2, 0.25) is 0 Å². The van der Waals surface area contributed by atoms with Crippen molar-refractivity contribution in [3.05, 3.63) is 22.8 Å². The summed E-state index contributed by atoms with van der Waals surface area (Å²) in [7, 11) is -1.10. The Morgan fingerprint density at radius 2 is 1.97 bits per heavy atom. The second kappa shape index (κ2) is 10.1. The van der Waals surface area contributed by atoms with Gasteiger partial charge in [-0.3, -0.25) is 0 Å². The first-order chi connectivity index (χ1) is 17.2. The second-order valence-corrected chi connectivity index (χ2v) is 13.9. The van der Waals surface area contributed by atoms with Crippen LogP contribution in [0.5, 0.6) is 0 Å². The molecule has 1 aliphatic carbocycles. The fourth-order valence-electron chi connectivity index (χ4n) is 3.91. The number of imidazole rings is 1. The fourth-order valence-corrected chi connectivity index (χ4v) is 7.36. The number of halogens is 3. The quantitative estimate of drug-likeness (QED) is 0.310. The fraction of sp³-hybridized carbons (Fsp3) is 0.524. The zero-order valence-corrected chi connectivity index (χ0v) is 22.8. The Kier molecular flexibility index (Phi) is 7.19. The van der Waals surface area contributed by atoms with E-state index in [4.69, 9.17) is 0 Å². The van der Waals surface area contributed by atoms with Crippen LogP contribution in [0.2, 0.25) is 0 Å². The van der Waals surface area contributed by atoms with Crippen LogP contribution in [0.1, 0.15) is 37.7 Å². The van der Waals surface area contributed by atoms with Crippen molar-refractivity contribution >= 4 is 48.6 Å². The molecule has 2 aliphatic rings. The van der Waals surface area contributed by atoms with Gasteiger partial charge in [0.1, 0.15) is 0 Å². The van der Waals surface area contributed by atoms with E-state index >= 15 is 4.39 Å². The van der Waals surface area contributed by atoms with Crippen molar-refractivity contribution in [1.82, 2.24) is 28.6 Å². The molecule has 3 aromatic heterocycles. The Labute approximate surface area is 218 Å². The summed E-state index contributed by atoms with van der Waals surface area (Å²) in [6, 6.07) is 4.12. The number of piperazine rings is 1. The van der Waals surface area contributed by atoms with Gasteiger partial charge in [-0.05, 0) is 0 Å². The zero-order chi connectivity index (χ0) is 25.6. The molecule has 0 spiro atoms. The third kappa shape index (κ3) is 4.94. The molecule has 9 nitrogen and oxygen atoms in total. The molecule has 2 fully saturated rings. The Balaban J connectivity index is 1.53. The van der Waals surface area contributed by atoms with Gasteiger partial charge in [-0.25, -0.2) is 0 Å². The zero-order valence-electron chi connectivity index (χ0n) is 19.4. The summed E-state index contributed by atoms with van der Waals surface area (Å²) < 4.78 is 60.7. The van der Waals surface area contributed by atoms with Gasteiger partial charge in [0.25, 0.3) is 0 Å². The number of nitriles is 1. The van der Waals surface area contributed by atoms with Crippen LogP contribution >= 0.6 is 11.9 Å². The molecule has 0 amide bonds. The number of nitrogens with one attached hydrogen (secondary N) is 1. The van der Waals surface area contributed by atoms with Crippen LogP contribution < -0.4 is 9.62 Å². The predicted octanol–water partition coefficient (Wildman–Crippen LogP) is 2.77. The molecule has 0 bridgehead atoms. The molecule has 1 unspecified atom stereocenters. The third-order valence-electron chi connectivity index (χ3n) is 6.03. The number of fused-ring (bicyclic) bond motifs is 1. The van der Waals surface area contributed by atoms with Gasteiger partial charge in [0.15, 0.2) is 0 Å². The van der Waals surface area contributed by atoms with Gasteiger partial charge < -0.3 is 0 Å². The van der Waals surface area contributed by atoms with Crippen LogP contribution in [-0.2, 0) is 11.0 Å². The monoisotopic (exact) mass is 604 g/mol. The number of nitrogens with zero attached hydrogens (tertiary/aromatic N) is 7. The van der Waals surface area contributed by atoms with Crippen molar-refractivity contribution in [1.29, 1.82) is 5.26 Å². The van der Waals surface area contributed by atoms with E-state index in [1.54, 1.807) is 10.6 Å². The van der Waals surface area contributed by atoms with E-state index in [2.05, 4.69) is 26.0 Å². The van der Waals surface area contributed by atoms with E-state index < -0.39 is 43.4 Å². The van der Waals surface area contributed by atoms with Crippen molar-refractivity contribution in [3.63, 3.8) is 0 Å². The van der Waals surface area contributed by atoms with Gasteiger partial charge in [0, 0.05) is 0 Å². The number of hydrogen-bond acceptors (Lipinski definition) is 8. The van der Waals surface area contributed by atoms with Crippen LogP contribution in [0.25, 0.3) is 15.9 Å². The van der Waals surface area contributed by atoms with Gasteiger partial charge in [-0.1, -0.05) is 0 Å². The SMILES string of the molecule is CC(C)S(=O)N1CCN(c2cc(SNC3(C#N)CC3)cn3c(-c4nnc(C(F)F)[se]4)nc(F)c23)CC1. The van der Waals surface area contributed by atoms with E-state index in [0.29, 0.717) is 36.8 Å². The summed E-state index contributed by atoms with van der Waals surface area (Å²) in [4.78, 5) is 6.79. The Bertz CT molecular complexity index is 1340. The average molecular weight is 604 g/mol. The first kappa shape index (κ1) is 25.7. The Morgan fingerprint density at radius 1 is 1.25 bits per heavy atom. The normalized spacial score (nSPS) is 18.8. The molecule has 0 radical (unpaired) electrons. The van der Waals surface area contributed by atoms with Crippen molar-refractivity contribution in [2.45, 2.75) is 48.8 Å². The molecule has 1 N–H and O–H groups in total. The van der Waals surface area contributed by atoms with E-state index in [-0.39, 0.29) is 25.7 Å². The Morgan fingerprint density at radius 3 is 2.56 bits per heavy atom. The number of aromatic nitrogens is 4. The van der Waals surface area contributed by atoms with Crippen LogP contribution in [0.15, 0.2) is 17.2 Å². The molecule has 1 atom stereocenters. The predicted molar refractivity (Wildman–Crippen MR) is 132 cm³/mol. The van der Waals surface area contributed by atoms with Crippen LogP contribution in [0.4, 0.5) is 18.9 Å². The topological polar surface area (TPSA) is 102 Å². The van der Waals surface area contributed by atoms with Gasteiger partial charge in [-0.2, -0.15) is 0 Å².